The van der Waals surface area contributed by atoms with Crippen molar-refractivity contribution in [2.24, 2.45) is 4.99 Å². The van der Waals surface area contributed by atoms with Crippen molar-refractivity contribution in [1.29, 1.82) is 0 Å². The Labute approximate surface area is 152 Å². The number of aliphatic imine (C=N–C) groups is 1. The van der Waals surface area contributed by atoms with E-state index in [-0.39, 0.29) is 11.7 Å². The molecule has 2 aromatic rings. The molecule has 0 aromatic heterocycles. The van der Waals surface area contributed by atoms with E-state index < -0.39 is 5.97 Å². The molecule has 0 amide bonds. The Hall–Kier alpha value is -2.48. The van der Waals surface area contributed by atoms with Crippen LogP contribution >= 0.6 is 22.6 Å². The maximum atomic E-state index is 12.0. The summed E-state index contributed by atoms with van der Waals surface area (Å²) in [5.74, 6) is -0.129. The lowest BCUT2D eigenvalue weighted by atomic mass is 10.2. The minimum absolute atomic E-state index is 0.227. The molecule has 120 valence electrons. The first-order chi connectivity index (χ1) is 11.5. The van der Waals surface area contributed by atoms with Crippen LogP contribution in [0.3, 0.4) is 0 Å². The van der Waals surface area contributed by atoms with E-state index in [0.717, 1.165) is 14.7 Å². The standard InChI is InChI=1S/C18H12INO4/c1-11(21)23-13-8-6-12(7-9-13)10-16-18(22)24-17(20-16)14-4-2-3-5-15(14)19/h2-10H,1H3. The Bertz CT molecular complexity index is 869. The van der Waals surface area contributed by atoms with E-state index in [0.29, 0.717) is 11.6 Å². The van der Waals surface area contributed by atoms with Gasteiger partial charge >= 0.3 is 11.9 Å². The van der Waals surface area contributed by atoms with Crippen LogP contribution in [-0.4, -0.2) is 17.8 Å². The smallest absolute Gasteiger partial charge is 0.363 e. The van der Waals surface area contributed by atoms with Crippen molar-refractivity contribution in [2.45, 2.75) is 6.92 Å². The molecule has 0 saturated heterocycles. The van der Waals surface area contributed by atoms with E-state index >= 15 is 0 Å². The van der Waals surface area contributed by atoms with Crippen LogP contribution in [0.2, 0.25) is 0 Å². The Morgan fingerprint density at radius 3 is 2.54 bits per heavy atom. The summed E-state index contributed by atoms with van der Waals surface area (Å²) in [6.45, 7) is 1.34. The molecule has 1 aliphatic heterocycles. The first-order valence-electron chi connectivity index (χ1n) is 7.09. The highest BCUT2D eigenvalue weighted by Crippen LogP contribution is 2.22. The highest BCUT2D eigenvalue weighted by molar-refractivity contribution is 14.1. The molecule has 0 spiro atoms. The number of rotatable bonds is 3. The van der Waals surface area contributed by atoms with Gasteiger partial charge in [-0.1, -0.05) is 24.3 Å². The first kappa shape index (κ1) is 16.4. The van der Waals surface area contributed by atoms with Gasteiger partial charge in [-0.3, -0.25) is 4.79 Å². The van der Waals surface area contributed by atoms with Crippen molar-refractivity contribution in [3.05, 3.63) is 68.9 Å². The quantitative estimate of drug-likeness (QED) is 0.322. The summed E-state index contributed by atoms with van der Waals surface area (Å²) in [7, 11) is 0. The summed E-state index contributed by atoms with van der Waals surface area (Å²) in [5.41, 5.74) is 1.76. The maximum Gasteiger partial charge on any atom is 0.363 e. The van der Waals surface area contributed by atoms with Gasteiger partial charge in [0.15, 0.2) is 5.70 Å². The van der Waals surface area contributed by atoms with E-state index in [9.17, 15) is 9.59 Å². The number of carbonyl (C=O) groups excluding carboxylic acids is 2. The van der Waals surface area contributed by atoms with Crippen molar-refractivity contribution < 1.29 is 19.1 Å². The molecule has 0 N–H and O–H groups in total. The van der Waals surface area contributed by atoms with Gasteiger partial charge in [0, 0.05) is 10.5 Å². The normalized spacial score (nSPS) is 15.2. The topological polar surface area (TPSA) is 65.0 Å². The first-order valence-corrected chi connectivity index (χ1v) is 8.17. The van der Waals surface area contributed by atoms with Gasteiger partial charge in [0.25, 0.3) is 0 Å². The monoisotopic (exact) mass is 433 g/mol. The molecule has 0 saturated carbocycles. The molecule has 1 aliphatic rings. The van der Waals surface area contributed by atoms with Gasteiger partial charge in [-0.25, -0.2) is 9.79 Å². The van der Waals surface area contributed by atoms with Gasteiger partial charge in [-0.15, -0.1) is 0 Å². The van der Waals surface area contributed by atoms with E-state index in [1.807, 2.05) is 24.3 Å². The van der Waals surface area contributed by atoms with Gasteiger partial charge in [0.05, 0.1) is 5.56 Å². The van der Waals surface area contributed by atoms with Crippen LogP contribution in [0.5, 0.6) is 5.75 Å². The van der Waals surface area contributed by atoms with Gasteiger partial charge in [-0.2, -0.15) is 0 Å². The molecule has 0 bridgehead atoms. The fourth-order valence-corrected chi connectivity index (χ4v) is 2.73. The Balaban J connectivity index is 1.86. The fraction of sp³-hybridized carbons (Fsp3) is 0.0556. The Morgan fingerprint density at radius 2 is 1.88 bits per heavy atom. The van der Waals surface area contributed by atoms with Crippen molar-refractivity contribution in [1.82, 2.24) is 0 Å². The Morgan fingerprint density at radius 1 is 1.17 bits per heavy atom. The van der Waals surface area contributed by atoms with E-state index in [1.54, 1.807) is 30.3 Å². The zero-order chi connectivity index (χ0) is 17.1. The molecule has 0 radical (unpaired) electrons. The zero-order valence-electron chi connectivity index (χ0n) is 12.7. The number of halogens is 1. The number of hydrogen-bond donors (Lipinski definition) is 0. The highest BCUT2D eigenvalue weighted by atomic mass is 127. The molecule has 0 aliphatic carbocycles. The average Bonchev–Trinajstić information content (AvgIpc) is 2.90. The number of benzene rings is 2. The van der Waals surface area contributed by atoms with Crippen molar-refractivity contribution in [2.75, 3.05) is 0 Å². The SMILES string of the molecule is CC(=O)Oc1ccc(C=C2N=C(c3ccccc3I)OC2=O)cc1. The number of carbonyl (C=O) groups is 2. The molecule has 0 atom stereocenters. The lowest BCUT2D eigenvalue weighted by molar-refractivity contribution is -0.132. The minimum atomic E-state index is -0.492. The van der Waals surface area contributed by atoms with Crippen LogP contribution in [0.25, 0.3) is 6.08 Å². The van der Waals surface area contributed by atoms with Crippen molar-refractivity contribution in [3.8, 4) is 5.75 Å². The second kappa shape index (κ2) is 6.96. The summed E-state index contributed by atoms with van der Waals surface area (Å²) in [6.07, 6.45) is 1.63. The van der Waals surface area contributed by atoms with Crippen LogP contribution in [0.4, 0.5) is 0 Å². The predicted molar refractivity (Wildman–Crippen MR) is 97.5 cm³/mol. The molecular formula is C18H12INO4. The largest absolute Gasteiger partial charge is 0.427 e. The molecule has 0 unspecified atom stereocenters. The second-order valence-corrected chi connectivity index (χ2v) is 6.14. The summed E-state index contributed by atoms with van der Waals surface area (Å²) in [4.78, 5) is 27.2. The van der Waals surface area contributed by atoms with E-state index in [4.69, 9.17) is 9.47 Å². The van der Waals surface area contributed by atoms with Crippen molar-refractivity contribution in [3.63, 3.8) is 0 Å². The molecule has 24 heavy (non-hydrogen) atoms. The lowest BCUT2D eigenvalue weighted by Gasteiger charge is -2.01. The summed E-state index contributed by atoms with van der Waals surface area (Å²) in [6, 6.07) is 14.3. The molecule has 0 fully saturated rings. The molecule has 3 rings (SSSR count). The van der Waals surface area contributed by atoms with Gasteiger partial charge in [0.2, 0.25) is 5.90 Å². The summed E-state index contributed by atoms with van der Waals surface area (Å²) < 4.78 is 11.2. The average molecular weight is 433 g/mol. The molecule has 1 heterocycles. The molecule has 5 nitrogen and oxygen atoms in total. The minimum Gasteiger partial charge on any atom is -0.427 e. The van der Waals surface area contributed by atoms with Crippen LogP contribution in [-0.2, 0) is 14.3 Å². The molecule has 6 heteroatoms. The number of ether oxygens (including phenoxy) is 2. The lowest BCUT2D eigenvalue weighted by Crippen LogP contribution is -2.06. The van der Waals surface area contributed by atoms with Crippen molar-refractivity contribution >= 4 is 46.5 Å². The number of esters is 2. The van der Waals surface area contributed by atoms with E-state index in [2.05, 4.69) is 27.6 Å². The van der Waals surface area contributed by atoms with Gasteiger partial charge < -0.3 is 9.47 Å². The van der Waals surface area contributed by atoms with Crippen LogP contribution in [0.1, 0.15) is 18.1 Å². The number of cyclic esters (lactones) is 1. The number of hydrogen-bond acceptors (Lipinski definition) is 5. The van der Waals surface area contributed by atoms with Crippen LogP contribution in [0, 0.1) is 3.57 Å². The van der Waals surface area contributed by atoms with Crippen LogP contribution in [0.15, 0.2) is 59.2 Å². The third-order valence-electron chi connectivity index (χ3n) is 3.17. The number of nitrogens with zero attached hydrogens (tertiary/aromatic N) is 1. The predicted octanol–water partition coefficient (Wildman–Crippen LogP) is 3.56. The zero-order valence-corrected chi connectivity index (χ0v) is 14.8. The third kappa shape index (κ3) is 3.70. The van der Waals surface area contributed by atoms with Crippen LogP contribution < -0.4 is 4.74 Å². The van der Waals surface area contributed by atoms with Gasteiger partial charge in [-0.05, 0) is 58.5 Å². The molecular weight excluding hydrogens is 421 g/mol. The highest BCUT2D eigenvalue weighted by Gasteiger charge is 2.25. The summed E-state index contributed by atoms with van der Waals surface area (Å²) >= 11 is 2.17. The maximum absolute atomic E-state index is 12.0. The second-order valence-electron chi connectivity index (χ2n) is 4.98. The third-order valence-corrected chi connectivity index (χ3v) is 4.11. The Kier molecular flexibility index (Phi) is 4.75. The van der Waals surface area contributed by atoms with E-state index in [1.165, 1.54) is 6.92 Å². The summed E-state index contributed by atoms with van der Waals surface area (Å²) in [5, 5.41) is 0. The van der Waals surface area contributed by atoms with Gasteiger partial charge in [0.1, 0.15) is 5.75 Å². The molecule has 2 aromatic carbocycles. The fourth-order valence-electron chi connectivity index (χ4n) is 2.11.